The highest BCUT2D eigenvalue weighted by atomic mass is 32.2. The van der Waals surface area contributed by atoms with Crippen LogP contribution >= 0.6 is 11.8 Å². The van der Waals surface area contributed by atoms with E-state index < -0.39 is 5.54 Å². The predicted molar refractivity (Wildman–Crippen MR) is 50.1 cm³/mol. The second-order valence-corrected chi connectivity index (χ2v) is 4.79. The Labute approximate surface area is 76.7 Å². The highest BCUT2D eigenvalue weighted by Crippen LogP contribution is 2.34. The SMILES string of the molecule is NC1(C(=O)N2CCSCC2)CC1. The first-order chi connectivity index (χ1) is 5.72. The molecule has 1 saturated heterocycles. The number of carbonyl (C=O) groups excluding carboxylic acids is 1. The summed E-state index contributed by atoms with van der Waals surface area (Å²) in [6.45, 7) is 1.78. The van der Waals surface area contributed by atoms with E-state index in [0.29, 0.717) is 0 Å². The summed E-state index contributed by atoms with van der Waals surface area (Å²) in [5.74, 6) is 2.33. The monoisotopic (exact) mass is 186 g/mol. The third kappa shape index (κ3) is 1.45. The summed E-state index contributed by atoms with van der Waals surface area (Å²) < 4.78 is 0. The van der Waals surface area contributed by atoms with Crippen LogP contribution in [-0.2, 0) is 4.79 Å². The fourth-order valence-corrected chi connectivity index (χ4v) is 2.33. The van der Waals surface area contributed by atoms with Gasteiger partial charge < -0.3 is 10.6 Å². The van der Waals surface area contributed by atoms with Crippen LogP contribution in [0, 0.1) is 0 Å². The number of nitrogens with zero attached hydrogens (tertiary/aromatic N) is 1. The van der Waals surface area contributed by atoms with Gasteiger partial charge in [-0.2, -0.15) is 11.8 Å². The molecule has 1 heterocycles. The summed E-state index contributed by atoms with van der Waals surface area (Å²) in [6, 6.07) is 0. The summed E-state index contributed by atoms with van der Waals surface area (Å²) in [6.07, 6.45) is 1.77. The van der Waals surface area contributed by atoms with Crippen LogP contribution in [0.2, 0.25) is 0 Å². The predicted octanol–water partition coefficient (Wildman–Crippen LogP) is 0.0531. The normalized spacial score (nSPS) is 26.9. The second-order valence-electron chi connectivity index (χ2n) is 3.56. The van der Waals surface area contributed by atoms with E-state index in [1.807, 2.05) is 16.7 Å². The summed E-state index contributed by atoms with van der Waals surface area (Å²) in [4.78, 5) is 13.6. The van der Waals surface area contributed by atoms with Crippen molar-refractivity contribution in [2.45, 2.75) is 18.4 Å². The number of nitrogens with two attached hydrogens (primary N) is 1. The van der Waals surface area contributed by atoms with E-state index in [9.17, 15) is 4.79 Å². The Hall–Kier alpha value is -0.220. The van der Waals surface area contributed by atoms with Crippen molar-refractivity contribution < 1.29 is 4.79 Å². The number of hydrogen-bond acceptors (Lipinski definition) is 3. The molecule has 2 rings (SSSR count). The molecule has 1 aliphatic heterocycles. The average Bonchev–Trinajstić information content (AvgIpc) is 2.85. The van der Waals surface area contributed by atoms with Crippen molar-refractivity contribution in [3.05, 3.63) is 0 Å². The van der Waals surface area contributed by atoms with E-state index >= 15 is 0 Å². The molecule has 3 nitrogen and oxygen atoms in total. The van der Waals surface area contributed by atoms with Gasteiger partial charge in [0.2, 0.25) is 5.91 Å². The molecule has 68 valence electrons. The molecule has 1 aliphatic carbocycles. The zero-order chi connectivity index (χ0) is 8.60. The molecule has 0 bridgehead atoms. The van der Waals surface area contributed by atoms with E-state index in [4.69, 9.17) is 5.73 Å². The third-order valence-electron chi connectivity index (χ3n) is 2.51. The highest BCUT2D eigenvalue weighted by Gasteiger charge is 2.48. The molecule has 2 fully saturated rings. The van der Waals surface area contributed by atoms with Gasteiger partial charge in [0.15, 0.2) is 0 Å². The molecular formula is C8H14N2OS. The Morgan fingerprint density at radius 1 is 1.33 bits per heavy atom. The quantitative estimate of drug-likeness (QED) is 0.629. The summed E-state index contributed by atoms with van der Waals surface area (Å²) in [5.41, 5.74) is 5.37. The maximum absolute atomic E-state index is 11.7. The zero-order valence-corrected chi connectivity index (χ0v) is 7.90. The minimum Gasteiger partial charge on any atom is -0.339 e. The Bertz CT molecular complexity index is 197. The van der Waals surface area contributed by atoms with Crippen molar-refractivity contribution >= 4 is 17.7 Å². The summed E-state index contributed by atoms with van der Waals surface area (Å²) in [7, 11) is 0. The second kappa shape index (κ2) is 2.92. The number of carbonyl (C=O) groups is 1. The Balaban J connectivity index is 1.94. The van der Waals surface area contributed by atoms with Gasteiger partial charge in [0.1, 0.15) is 0 Å². The molecular weight excluding hydrogens is 172 g/mol. The minimum atomic E-state index is -0.456. The van der Waals surface area contributed by atoms with Crippen LogP contribution in [0.25, 0.3) is 0 Å². The molecule has 0 spiro atoms. The molecule has 1 amide bonds. The van der Waals surface area contributed by atoms with Gasteiger partial charge in [-0.1, -0.05) is 0 Å². The lowest BCUT2D eigenvalue weighted by molar-refractivity contribution is -0.133. The molecule has 4 heteroatoms. The van der Waals surface area contributed by atoms with Gasteiger partial charge in [-0.25, -0.2) is 0 Å². The highest BCUT2D eigenvalue weighted by molar-refractivity contribution is 7.99. The standard InChI is InChI=1S/C8H14N2OS/c9-8(1-2-8)7(11)10-3-5-12-6-4-10/h1-6,9H2. The molecule has 2 aliphatic rings. The van der Waals surface area contributed by atoms with Crippen molar-refractivity contribution in [2.24, 2.45) is 5.73 Å². The van der Waals surface area contributed by atoms with Crippen LogP contribution < -0.4 is 5.73 Å². The number of amides is 1. The maximum atomic E-state index is 11.7. The minimum absolute atomic E-state index is 0.183. The Morgan fingerprint density at radius 2 is 1.92 bits per heavy atom. The van der Waals surface area contributed by atoms with Gasteiger partial charge in [0, 0.05) is 24.6 Å². The molecule has 2 N–H and O–H groups in total. The van der Waals surface area contributed by atoms with Gasteiger partial charge in [-0.15, -0.1) is 0 Å². The molecule has 0 unspecified atom stereocenters. The molecule has 0 aromatic carbocycles. The lowest BCUT2D eigenvalue weighted by Crippen LogP contribution is -2.48. The largest absolute Gasteiger partial charge is 0.339 e. The smallest absolute Gasteiger partial charge is 0.242 e. The van der Waals surface area contributed by atoms with Crippen LogP contribution in [0.1, 0.15) is 12.8 Å². The van der Waals surface area contributed by atoms with Gasteiger partial charge >= 0.3 is 0 Å². The number of hydrogen-bond donors (Lipinski definition) is 1. The number of rotatable bonds is 1. The maximum Gasteiger partial charge on any atom is 0.242 e. The van der Waals surface area contributed by atoms with Crippen molar-refractivity contribution in [1.82, 2.24) is 4.90 Å². The van der Waals surface area contributed by atoms with Crippen LogP contribution in [0.4, 0.5) is 0 Å². The van der Waals surface area contributed by atoms with Gasteiger partial charge in [-0.3, -0.25) is 4.79 Å². The first kappa shape index (κ1) is 8.38. The first-order valence-corrected chi connectivity index (χ1v) is 5.54. The molecule has 12 heavy (non-hydrogen) atoms. The van der Waals surface area contributed by atoms with Crippen molar-refractivity contribution in [3.8, 4) is 0 Å². The van der Waals surface area contributed by atoms with Gasteiger partial charge in [0.25, 0.3) is 0 Å². The Morgan fingerprint density at radius 3 is 2.42 bits per heavy atom. The van der Waals surface area contributed by atoms with E-state index in [0.717, 1.165) is 37.4 Å². The fraction of sp³-hybridized carbons (Fsp3) is 0.875. The van der Waals surface area contributed by atoms with Crippen molar-refractivity contribution in [1.29, 1.82) is 0 Å². The van der Waals surface area contributed by atoms with Crippen LogP contribution in [0.5, 0.6) is 0 Å². The van der Waals surface area contributed by atoms with Gasteiger partial charge in [0.05, 0.1) is 5.54 Å². The molecule has 0 aromatic rings. The molecule has 0 radical (unpaired) electrons. The molecule has 1 saturated carbocycles. The van der Waals surface area contributed by atoms with E-state index in [-0.39, 0.29) is 5.91 Å². The van der Waals surface area contributed by atoms with E-state index in [1.54, 1.807) is 0 Å². The topological polar surface area (TPSA) is 46.3 Å². The lowest BCUT2D eigenvalue weighted by atomic mass is 10.2. The van der Waals surface area contributed by atoms with E-state index in [2.05, 4.69) is 0 Å². The molecule has 0 atom stereocenters. The average molecular weight is 186 g/mol. The van der Waals surface area contributed by atoms with Crippen molar-refractivity contribution in [2.75, 3.05) is 24.6 Å². The molecule has 0 aromatic heterocycles. The summed E-state index contributed by atoms with van der Waals surface area (Å²) >= 11 is 1.91. The van der Waals surface area contributed by atoms with Crippen LogP contribution in [0.15, 0.2) is 0 Å². The van der Waals surface area contributed by atoms with E-state index in [1.165, 1.54) is 0 Å². The number of thioether (sulfide) groups is 1. The van der Waals surface area contributed by atoms with Crippen molar-refractivity contribution in [3.63, 3.8) is 0 Å². The Kier molecular flexibility index (Phi) is 2.04. The zero-order valence-electron chi connectivity index (χ0n) is 7.08. The van der Waals surface area contributed by atoms with Gasteiger partial charge in [-0.05, 0) is 12.8 Å². The summed E-state index contributed by atoms with van der Waals surface area (Å²) in [5, 5.41) is 0. The van der Waals surface area contributed by atoms with Crippen LogP contribution in [-0.4, -0.2) is 40.9 Å². The lowest BCUT2D eigenvalue weighted by Gasteiger charge is -2.28. The first-order valence-electron chi connectivity index (χ1n) is 4.38. The van der Waals surface area contributed by atoms with Crippen LogP contribution in [0.3, 0.4) is 0 Å². The third-order valence-corrected chi connectivity index (χ3v) is 3.46. The fourth-order valence-electron chi connectivity index (χ4n) is 1.43.